The van der Waals surface area contributed by atoms with E-state index in [1.807, 2.05) is 6.07 Å². The van der Waals surface area contributed by atoms with Gasteiger partial charge in [0.15, 0.2) is 0 Å². The second-order valence-electron chi connectivity index (χ2n) is 4.69. The van der Waals surface area contributed by atoms with Crippen molar-refractivity contribution in [3.05, 3.63) is 33.8 Å². The number of aliphatic hydroxyl groups is 1. The maximum atomic E-state index is 10.3. The van der Waals surface area contributed by atoms with E-state index >= 15 is 0 Å². The summed E-state index contributed by atoms with van der Waals surface area (Å²) in [6.07, 6.45) is 2.98. The van der Waals surface area contributed by atoms with Crippen LogP contribution in [0.4, 0.5) is 0 Å². The van der Waals surface area contributed by atoms with Gasteiger partial charge in [0, 0.05) is 22.5 Å². The van der Waals surface area contributed by atoms with Gasteiger partial charge in [-0.05, 0) is 36.5 Å². The van der Waals surface area contributed by atoms with Crippen LogP contribution in [0.25, 0.3) is 0 Å². The first-order valence-corrected chi connectivity index (χ1v) is 6.72. The molecule has 4 heteroatoms. The van der Waals surface area contributed by atoms with Crippen LogP contribution in [0.15, 0.2) is 18.2 Å². The molecule has 1 saturated carbocycles. The first-order valence-electron chi connectivity index (χ1n) is 5.96. The van der Waals surface area contributed by atoms with Crippen LogP contribution in [-0.4, -0.2) is 17.8 Å². The Kier molecular flexibility index (Phi) is 4.31. The second kappa shape index (κ2) is 5.57. The lowest BCUT2D eigenvalue weighted by Crippen LogP contribution is -2.35. The maximum Gasteiger partial charge on any atom is 0.0649 e. The molecule has 1 fully saturated rings. The summed E-state index contributed by atoms with van der Waals surface area (Å²) in [6, 6.07) is 5.36. The minimum Gasteiger partial charge on any atom is -0.392 e. The largest absolute Gasteiger partial charge is 0.392 e. The lowest BCUT2D eigenvalue weighted by molar-refractivity contribution is 0.0420. The third kappa shape index (κ3) is 2.76. The standard InChI is InChI=1S/C13H17Cl2NO/c14-9-4-5-10(12(15)6-9)11(7-16)13(17)8-2-1-3-8/h4-6,8,11,13,17H,1-3,7,16H2. The predicted molar refractivity (Wildman–Crippen MR) is 71.6 cm³/mol. The van der Waals surface area contributed by atoms with Crippen molar-refractivity contribution in [3.63, 3.8) is 0 Å². The summed E-state index contributed by atoms with van der Waals surface area (Å²) in [5.74, 6) is 0.278. The summed E-state index contributed by atoms with van der Waals surface area (Å²) in [6.45, 7) is 0.402. The molecule has 0 spiro atoms. The van der Waals surface area contributed by atoms with Crippen LogP contribution < -0.4 is 5.73 Å². The Labute approximate surface area is 112 Å². The van der Waals surface area contributed by atoms with Gasteiger partial charge in [-0.15, -0.1) is 0 Å². The summed E-state index contributed by atoms with van der Waals surface area (Å²) in [7, 11) is 0. The zero-order valence-corrected chi connectivity index (χ0v) is 11.1. The third-order valence-electron chi connectivity index (χ3n) is 3.66. The molecular formula is C13H17Cl2NO. The lowest BCUT2D eigenvalue weighted by atomic mass is 9.75. The van der Waals surface area contributed by atoms with Crippen molar-refractivity contribution >= 4 is 23.2 Å². The molecule has 0 aliphatic heterocycles. The third-order valence-corrected chi connectivity index (χ3v) is 4.22. The minimum atomic E-state index is -0.396. The van der Waals surface area contributed by atoms with Crippen molar-refractivity contribution in [2.75, 3.05) is 6.54 Å². The van der Waals surface area contributed by atoms with Crippen molar-refractivity contribution in [2.45, 2.75) is 31.3 Å². The molecule has 0 radical (unpaired) electrons. The highest BCUT2D eigenvalue weighted by Crippen LogP contribution is 2.38. The number of halogens is 2. The normalized spacial score (nSPS) is 19.8. The summed E-state index contributed by atoms with van der Waals surface area (Å²) in [5.41, 5.74) is 6.68. The van der Waals surface area contributed by atoms with E-state index in [4.69, 9.17) is 28.9 Å². The first kappa shape index (κ1) is 13.2. The van der Waals surface area contributed by atoms with Crippen LogP contribution in [0.1, 0.15) is 30.7 Å². The monoisotopic (exact) mass is 273 g/mol. The van der Waals surface area contributed by atoms with Gasteiger partial charge < -0.3 is 10.8 Å². The highest BCUT2D eigenvalue weighted by Gasteiger charge is 2.32. The van der Waals surface area contributed by atoms with E-state index in [0.717, 1.165) is 18.4 Å². The Hall–Kier alpha value is -0.280. The molecule has 1 aliphatic carbocycles. The molecule has 2 atom stereocenters. The highest BCUT2D eigenvalue weighted by molar-refractivity contribution is 6.35. The van der Waals surface area contributed by atoms with E-state index in [-0.39, 0.29) is 5.92 Å². The molecule has 1 aromatic rings. The van der Waals surface area contributed by atoms with E-state index in [2.05, 4.69) is 0 Å². The van der Waals surface area contributed by atoms with Gasteiger partial charge in [0.1, 0.15) is 0 Å². The van der Waals surface area contributed by atoms with Crippen molar-refractivity contribution in [3.8, 4) is 0 Å². The Morgan fingerprint density at radius 2 is 2.06 bits per heavy atom. The van der Waals surface area contributed by atoms with Crippen LogP contribution in [0.5, 0.6) is 0 Å². The second-order valence-corrected chi connectivity index (χ2v) is 5.53. The van der Waals surface area contributed by atoms with Gasteiger partial charge in [-0.1, -0.05) is 35.7 Å². The zero-order valence-electron chi connectivity index (χ0n) is 9.57. The molecule has 0 aromatic heterocycles. The highest BCUT2D eigenvalue weighted by atomic mass is 35.5. The van der Waals surface area contributed by atoms with Gasteiger partial charge in [0.2, 0.25) is 0 Å². The predicted octanol–water partition coefficient (Wildman–Crippen LogP) is 3.20. The van der Waals surface area contributed by atoms with Gasteiger partial charge in [-0.3, -0.25) is 0 Å². The SMILES string of the molecule is NCC(c1ccc(Cl)cc1Cl)C(O)C1CCC1. The molecule has 17 heavy (non-hydrogen) atoms. The fraction of sp³-hybridized carbons (Fsp3) is 0.538. The van der Waals surface area contributed by atoms with E-state index in [0.29, 0.717) is 22.5 Å². The maximum absolute atomic E-state index is 10.3. The summed E-state index contributed by atoms with van der Waals surface area (Å²) < 4.78 is 0. The lowest BCUT2D eigenvalue weighted by Gasteiger charge is -2.35. The first-order chi connectivity index (χ1) is 8.13. The fourth-order valence-corrected chi connectivity index (χ4v) is 2.91. The van der Waals surface area contributed by atoms with E-state index in [9.17, 15) is 5.11 Å². The molecule has 2 unspecified atom stereocenters. The van der Waals surface area contributed by atoms with Crippen LogP contribution >= 0.6 is 23.2 Å². The van der Waals surface area contributed by atoms with Gasteiger partial charge in [-0.25, -0.2) is 0 Å². The smallest absolute Gasteiger partial charge is 0.0649 e. The molecule has 0 saturated heterocycles. The summed E-state index contributed by atoms with van der Waals surface area (Å²) in [5, 5.41) is 11.5. The molecule has 94 valence electrons. The zero-order chi connectivity index (χ0) is 12.4. The number of aliphatic hydroxyl groups excluding tert-OH is 1. The molecule has 1 aliphatic rings. The summed E-state index contributed by atoms with van der Waals surface area (Å²) in [4.78, 5) is 0. The van der Waals surface area contributed by atoms with Crippen LogP contribution in [-0.2, 0) is 0 Å². The fourth-order valence-electron chi connectivity index (χ4n) is 2.36. The molecule has 3 N–H and O–H groups in total. The topological polar surface area (TPSA) is 46.2 Å². The van der Waals surface area contributed by atoms with Crippen molar-refractivity contribution in [1.29, 1.82) is 0 Å². The van der Waals surface area contributed by atoms with Crippen LogP contribution in [0.3, 0.4) is 0 Å². The molecule has 0 bridgehead atoms. The Balaban J connectivity index is 2.21. The van der Waals surface area contributed by atoms with Gasteiger partial charge in [-0.2, -0.15) is 0 Å². The van der Waals surface area contributed by atoms with Crippen molar-refractivity contribution in [2.24, 2.45) is 11.7 Å². The molecule has 0 heterocycles. The van der Waals surface area contributed by atoms with E-state index in [1.54, 1.807) is 12.1 Å². The van der Waals surface area contributed by atoms with Crippen LogP contribution in [0.2, 0.25) is 10.0 Å². The number of nitrogens with two attached hydrogens (primary N) is 1. The van der Waals surface area contributed by atoms with Gasteiger partial charge >= 0.3 is 0 Å². The molecular weight excluding hydrogens is 257 g/mol. The van der Waals surface area contributed by atoms with Crippen molar-refractivity contribution in [1.82, 2.24) is 0 Å². The minimum absolute atomic E-state index is 0.0925. The average molecular weight is 274 g/mol. The molecule has 0 amide bonds. The Morgan fingerprint density at radius 1 is 1.35 bits per heavy atom. The van der Waals surface area contributed by atoms with Crippen LogP contribution in [0, 0.1) is 5.92 Å². The number of hydrogen-bond acceptors (Lipinski definition) is 2. The molecule has 2 nitrogen and oxygen atoms in total. The van der Waals surface area contributed by atoms with E-state index in [1.165, 1.54) is 6.42 Å². The molecule has 1 aromatic carbocycles. The summed E-state index contributed by atoms with van der Waals surface area (Å²) >= 11 is 12.0. The number of hydrogen-bond donors (Lipinski definition) is 2. The molecule has 2 rings (SSSR count). The van der Waals surface area contributed by atoms with E-state index < -0.39 is 6.10 Å². The number of rotatable bonds is 4. The Bertz CT molecular complexity index is 393. The quantitative estimate of drug-likeness (QED) is 0.885. The van der Waals surface area contributed by atoms with Gasteiger partial charge in [0.25, 0.3) is 0 Å². The van der Waals surface area contributed by atoms with Crippen molar-refractivity contribution < 1.29 is 5.11 Å². The Morgan fingerprint density at radius 3 is 2.53 bits per heavy atom. The van der Waals surface area contributed by atoms with Gasteiger partial charge in [0.05, 0.1) is 6.10 Å². The average Bonchev–Trinajstić information content (AvgIpc) is 2.19. The number of benzene rings is 1.